The van der Waals surface area contributed by atoms with Gasteiger partial charge >= 0.3 is 5.97 Å². The Kier molecular flexibility index (Phi) is 10.0. The molecule has 8 atom stereocenters. The lowest BCUT2D eigenvalue weighted by Crippen LogP contribution is -2.60. The summed E-state index contributed by atoms with van der Waals surface area (Å²) in [7, 11) is 2.86. The number of hydrogen-bond donors (Lipinski definition) is 6. The quantitative estimate of drug-likeness (QED) is 0.171. The van der Waals surface area contributed by atoms with Gasteiger partial charge in [0.05, 0.1) is 39.6 Å². The molecule has 14 heteroatoms. The number of methoxy groups -OCH3 is 2. The fourth-order valence-corrected chi connectivity index (χ4v) is 4.30. The van der Waals surface area contributed by atoms with Crippen molar-refractivity contribution in [3.05, 3.63) is 53.6 Å². The van der Waals surface area contributed by atoms with E-state index in [1.54, 1.807) is 18.2 Å². The van der Waals surface area contributed by atoms with Gasteiger partial charge in [-0.3, -0.25) is 0 Å². The number of hydrogen-bond acceptors (Lipinski definition) is 14. The topological polar surface area (TPSA) is 203 Å². The minimum atomic E-state index is -1.99. The van der Waals surface area contributed by atoms with E-state index in [-0.39, 0.29) is 23.7 Å². The summed E-state index contributed by atoms with van der Waals surface area (Å²) in [5, 5.41) is 62.0. The maximum atomic E-state index is 12.3. The van der Waals surface area contributed by atoms with Gasteiger partial charge in [0, 0.05) is 0 Å². The van der Waals surface area contributed by atoms with Gasteiger partial charge in [-0.2, -0.15) is 0 Å². The van der Waals surface area contributed by atoms with Crippen LogP contribution < -0.4 is 14.2 Å². The van der Waals surface area contributed by atoms with E-state index < -0.39 is 74.5 Å². The Morgan fingerprint density at radius 3 is 2.34 bits per heavy atom. The Morgan fingerprint density at radius 1 is 0.951 bits per heavy atom. The van der Waals surface area contributed by atoms with Crippen molar-refractivity contribution in [1.82, 2.24) is 0 Å². The number of rotatable bonds is 11. The van der Waals surface area contributed by atoms with Crippen molar-refractivity contribution in [3.8, 4) is 17.2 Å². The highest BCUT2D eigenvalue weighted by molar-refractivity contribution is 5.89. The van der Waals surface area contributed by atoms with Crippen LogP contribution >= 0.6 is 0 Å². The van der Waals surface area contributed by atoms with Gasteiger partial charge in [-0.05, 0) is 42.0 Å². The van der Waals surface area contributed by atoms with Gasteiger partial charge in [0.25, 0.3) is 0 Å². The number of aliphatic hydroxyl groups excluding tert-OH is 5. The molecule has 0 radical (unpaired) electrons. The molecule has 0 aromatic heterocycles. The van der Waals surface area contributed by atoms with Crippen LogP contribution in [0.5, 0.6) is 17.2 Å². The molecule has 0 saturated carbocycles. The van der Waals surface area contributed by atoms with Crippen molar-refractivity contribution < 1.29 is 68.6 Å². The van der Waals surface area contributed by atoms with Crippen LogP contribution in [0.15, 0.2) is 42.5 Å². The van der Waals surface area contributed by atoms with E-state index in [1.165, 1.54) is 38.5 Å². The first kappa shape index (κ1) is 30.9. The molecule has 2 aromatic rings. The summed E-state index contributed by atoms with van der Waals surface area (Å²) in [4.78, 5) is 12.3. The van der Waals surface area contributed by atoms with Crippen molar-refractivity contribution in [2.45, 2.75) is 55.3 Å². The molecular formula is C27H34O14. The van der Waals surface area contributed by atoms with Crippen molar-refractivity contribution in [3.63, 3.8) is 0 Å². The zero-order chi connectivity index (χ0) is 29.7. The first-order chi connectivity index (χ1) is 19.6. The van der Waals surface area contributed by atoms with Crippen molar-refractivity contribution >= 4 is 5.97 Å². The predicted molar refractivity (Wildman–Crippen MR) is 136 cm³/mol. The summed E-state index contributed by atoms with van der Waals surface area (Å²) >= 11 is 0. The van der Waals surface area contributed by atoms with Crippen LogP contribution in [0.2, 0.25) is 0 Å². The Bertz CT molecular complexity index is 1160. The molecule has 0 spiro atoms. The lowest BCUT2D eigenvalue weighted by atomic mass is 9.99. The monoisotopic (exact) mass is 582 g/mol. The van der Waals surface area contributed by atoms with Crippen molar-refractivity contribution in [2.24, 2.45) is 0 Å². The van der Waals surface area contributed by atoms with Crippen molar-refractivity contribution in [1.29, 1.82) is 0 Å². The van der Waals surface area contributed by atoms with E-state index >= 15 is 0 Å². The minimum absolute atomic E-state index is 0.140. The Hall–Kier alpha value is -3.05. The molecule has 2 aliphatic heterocycles. The van der Waals surface area contributed by atoms with E-state index in [1.807, 2.05) is 0 Å². The molecule has 8 unspecified atom stereocenters. The van der Waals surface area contributed by atoms with Crippen LogP contribution in [-0.4, -0.2) is 119 Å². The molecule has 2 aliphatic rings. The molecule has 4 rings (SSSR count). The fraction of sp³-hybridized carbons (Fsp3) is 0.519. The number of esters is 1. The summed E-state index contributed by atoms with van der Waals surface area (Å²) in [5.41, 5.74) is -1.23. The van der Waals surface area contributed by atoms with E-state index in [4.69, 9.17) is 33.2 Å². The first-order valence-corrected chi connectivity index (χ1v) is 12.7. The summed E-state index contributed by atoms with van der Waals surface area (Å²) in [6.07, 6.45) is -10.7. The molecule has 41 heavy (non-hydrogen) atoms. The lowest BCUT2D eigenvalue weighted by Gasteiger charge is -2.40. The van der Waals surface area contributed by atoms with E-state index in [0.29, 0.717) is 11.3 Å². The SMILES string of the molecule is COc1ccc(C(=O)OCC2(O)COC(OCC3OC(Oc4ccc(CO)cc4OC)C(O)C(O)C3O)C2O)cc1. The van der Waals surface area contributed by atoms with Crippen LogP contribution in [0, 0.1) is 0 Å². The third-order valence-corrected chi connectivity index (χ3v) is 6.83. The highest BCUT2D eigenvalue weighted by atomic mass is 16.7. The van der Waals surface area contributed by atoms with Crippen LogP contribution in [0.3, 0.4) is 0 Å². The van der Waals surface area contributed by atoms with E-state index in [0.717, 1.165) is 0 Å². The van der Waals surface area contributed by atoms with Gasteiger partial charge in [-0.25, -0.2) is 4.79 Å². The summed E-state index contributed by atoms with van der Waals surface area (Å²) in [6, 6.07) is 10.7. The number of benzene rings is 2. The van der Waals surface area contributed by atoms with Crippen LogP contribution in [0.1, 0.15) is 15.9 Å². The number of carbonyl (C=O) groups is 1. The predicted octanol–water partition coefficient (Wildman–Crippen LogP) is -1.30. The third-order valence-electron chi connectivity index (χ3n) is 6.83. The maximum Gasteiger partial charge on any atom is 0.338 e. The number of carbonyl (C=O) groups excluding carboxylic acids is 1. The molecule has 0 aliphatic carbocycles. The van der Waals surface area contributed by atoms with Crippen molar-refractivity contribution in [2.75, 3.05) is 34.0 Å². The fourth-order valence-electron chi connectivity index (χ4n) is 4.30. The third kappa shape index (κ3) is 6.89. The van der Waals surface area contributed by atoms with Crippen LogP contribution in [-0.2, 0) is 25.6 Å². The molecule has 226 valence electrons. The standard InChI is InChI=1S/C27H34O14/c1-35-16-6-4-15(5-7-16)24(33)38-12-27(34)13-39-26(23(27)32)37-11-19-20(29)21(30)22(31)25(41-19)40-17-8-3-14(10-28)9-18(17)36-2/h3-9,19-23,25-26,28-32,34H,10-13H2,1-2H3. The van der Waals surface area contributed by atoms with E-state index in [2.05, 4.69) is 0 Å². The molecule has 2 aromatic carbocycles. The normalized spacial score (nSPS) is 31.5. The highest BCUT2D eigenvalue weighted by Gasteiger charge is 2.51. The Labute approximate surface area is 235 Å². The van der Waals surface area contributed by atoms with E-state index in [9.17, 15) is 35.4 Å². The van der Waals surface area contributed by atoms with Gasteiger partial charge in [-0.15, -0.1) is 0 Å². The lowest BCUT2D eigenvalue weighted by molar-refractivity contribution is -0.289. The molecule has 2 fully saturated rings. The second-order valence-corrected chi connectivity index (χ2v) is 9.64. The van der Waals surface area contributed by atoms with Gasteiger partial charge < -0.3 is 63.8 Å². The zero-order valence-corrected chi connectivity index (χ0v) is 22.4. The van der Waals surface area contributed by atoms with Gasteiger partial charge in [0.15, 0.2) is 23.4 Å². The number of aliphatic hydroxyl groups is 6. The maximum absolute atomic E-state index is 12.3. The molecular weight excluding hydrogens is 548 g/mol. The second kappa shape index (κ2) is 13.3. The summed E-state index contributed by atoms with van der Waals surface area (Å²) in [6.45, 7) is -1.72. The van der Waals surface area contributed by atoms with Gasteiger partial charge in [-0.1, -0.05) is 6.07 Å². The Morgan fingerprint density at radius 2 is 1.68 bits per heavy atom. The van der Waals surface area contributed by atoms with Gasteiger partial charge in [0.1, 0.15) is 42.9 Å². The second-order valence-electron chi connectivity index (χ2n) is 9.64. The van der Waals surface area contributed by atoms with Crippen LogP contribution in [0.4, 0.5) is 0 Å². The average Bonchev–Trinajstić information content (AvgIpc) is 3.28. The zero-order valence-electron chi connectivity index (χ0n) is 22.4. The molecule has 2 saturated heterocycles. The molecule has 6 N–H and O–H groups in total. The molecule has 2 heterocycles. The van der Waals surface area contributed by atoms with Gasteiger partial charge in [0.2, 0.25) is 6.29 Å². The highest BCUT2D eigenvalue weighted by Crippen LogP contribution is 2.33. The Balaban J connectivity index is 1.33. The first-order valence-electron chi connectivity index (χ1n) is 12.7. The average molecular weight is 583 g/mol. The summed E-state index contributed by atoms with van der Waals surface area (Å²) in [5.74, 6) is 0.178. The number of ether oxygens (including phenoxy) is 7. The minimum Gasteiger partial charge on any atom is -0.497 e. The van der Waals surface area contributed by atoms with Crippen LogP contribution in [0.25, 0.3) is 0 Å². The molecule has 0 bridgehead atoms. The smallest absolute Gasteiger partial charge is 0.338 e. The molecule has 14 nitrogen and oxygen atoms in total. The molecule has 0 amide bonds. The summed E-state index contributed by atoms with van der Waals surface area (Å²) < 4.78 is 37.6. The largest absolute Gasteiger partial charge is 0.497 e.